The topological polar surface area (TPSA) is 107 Å². The van der Waals surface area contributed by atoms with Gasteiger partial charge in [-0.15, -0.1) is 0 Å². The van der Waals surface area contributed by atoms with E-state index in [-0.39, 0.29) is 33.9 Å². The van der Waals surface area contributed by atoms with Gasteiger partial charge < -0.3 is 28.6 Å². The molecule has 9 nitrogen and oxygen atoms in total. The van der Waals surface area contributed by atoms with Crippen molar-refractivity contribution in [2.24, 2.45) is 11.8 Å². The van der Waals surface area contributed by atoms with Crippen LogP contribution in [0.3, 0.4) is 0 Å². The minimum Gasteiger partial charge on any atom is -0.474 e. The van der Waals surface area contributed by atoms with E-state index in [1.807, 2.05) is 6.33 Å². The zero-order valence-electron chi connectivity index (χ0n) is 35.1. The Balaban J connectivity index is 1.33. The standard InChI is InChI=1S/C47H59N5O4Si2/c1-46(2,3)57(36-20-12-8-13-21-36,37-22-14-9-15-23-37)55-32-35-28-29-41(52-34-49-42-43(52)50-45(48)51-44(42)54-31-30-53-7)40(35)33-56-58(47(4,5)6,38-24-16-10-17-25-38)39-26-18-11-19-27-39/h8-27,34-35,40-41H,28-33H2,1-7H3,(H2,48,50,51). The highest BCUT2D eigenvalue weighted by molar-refractivity contribution is 7.00. The molecule has 7 rings (SSSR count). The summed E-state index contributed by atoms with van der Waals surface area (Å²) in [5, 5.41) is 4.74. The van der Waals surface area contributed by atoms with Crippen molar-refractivity contribution in [1.29, 1.82) is 0 Å². The summed E-state index contributed by atoms with van der Waals surface area (Å²) in [6, 6.07) is 43.6. The molecule has 4 aromatic carbocycles. The molecule has 58 heavy (non-hydrogen) atoms. The van der Waals surface area contributed by atoms with Crippen molar-refractivity contribution in [3.05, 3.63) is 128 Å². The molecule has 2 aromatic heterocycles. The Labute approximate surface area is 346 Å². The molecule has 0 amide bonds. The smallest absolute Gasteiger partial charge is 0.261 e. The third-order valence-corrected chi connectivity index (χ3v) is 22.1. The number of imidazole rings is 1. The number of fused-ring (bicyclic) bond motifs is 1. The fourth-order valence-electron chi connectivity index (χ4n) is 9.37. The van der Waals surface area contributed by atoms with Gasteiger partial charge in [0, 0.05) is 32.3 Å². The Hall–Kier alpha value is -4.66. The molecular formula is C47H59N5O4Si2. The van der Waals surface area contributed by atoms with Crippen LogP contribution < -0.4 is 31.2 Å². The zero-order valence-corrected chi connectivity index (χ0v) is 37.1. The molecule has 0 radical (unpaired) electrons. The van der Waals surface area contributed by atoms with Gasteiger partial charge >= 0.3 is 0 Å². The average Bonchev–Trinajstić information content (AvgIpc) is 3.82. The molecule has 0 saturated heterocycles. The van der Waals surface area contributed by atoms with Crippen LogP contribution in [-0.2, 0) is 13.6 Å². The van der Waals surface area contributed by atoms with Gasteiger partial charge in [-0.1, -0.05) is 163 Å². The second kappa shape index (κ2) is 17.3. The molecule has 2 N–H and O–H groups in total. The van der Waals surface area contributed by atoms with E-state index in [2.05, 4.69) is 172 Å². The fourth-order valence-corrected chi connectivity index (χ4v) is 18.6. The SMILES string of the molecule is COCCOc1nc(N)nc2c1ncn2C1CCC(CO[Si](c2ccccc2)(c2ccccc2)C(C)(C)C)C1CO[Si](c1ccccc1)(c1ccccc1)C(C)(C)C. The number of methoxy groups -OCH3 is 1. The Bertz CT molecular complexity index is 2150. The molecule has 0 spiro atoms. The number of nitrogens with two attached hydrogens (primary N) is 1. The Morgan fingerprint density at radius 1 is 0.638 bits per heavy atom. The minimum absolute atomic E-state index is 0.0112. The van der Waals surface area contributed by atoms with E-state index < -0.39 is 16.6 Å². The maximum absolute atomic E-state index is 7.77. The summed E-state index contributed by atoms with van der Waals surface area (Å²) in [5.41, 5.74) is 7.60. The van der Waals surface area contributed by atoms with Gasteiger partial charge in [0.05, 0.1) is 12.9 Å². The highest BCUT2D eigenvalue weighted by atomic mass is 28.4. The van der Waals surface area contributed by atoms with Crippen molar-refractivity contribution < 1.29 is 18.3 Å². The van der Waals surface area contributed by atoms with E-state index in [1.54, 1.807) is 7.11 Å². The lowest BCUT2D eigenvalue weighted by Gasteiger charge is -2.45. The van der Waals surface area contributed by atoms with Crippen molar-refractivity contribution in [2.45, 2.75) is 70.5 Å². The number of nitrogens with zero attached hydrogens (tertiary/aromatic N) is 4. The summed E-state index contributed by atoms with van der Waals surface area (Å²) in [6.45, 7) is 15.9. The van der Waals surface area contributed by atoms with Gasteiger partial charge in [0.2, 0.25) is 11.8 Å². The van der Waals surface area contributed by atoms with Crippen molar-refractivity contribution >= 4 is 54.5 Å². The van der Waals surface area contributed by atoms with Gasteiger partial charge in [-0.2, -0.15) is 9.97 Å². The third kappa shape index (κ3) is 7.90. The van der Waals surface area contributed by atoms with Crippen molar-refractivity contribution in [1.82, 2.24) is 19.5 Å². The quantitative estimate of drug-likeness (QED) is 0.0862. The van der Waals surface area contributed by atoms with Crippen LogP contribution in [0.4, 0.5) is 5.95 Å². The second-order valence-corrected chi connectivity index (χ2v) is 26.2. The lowest BCUT2D eigenvalue weighted by molar-refractivity contribution is 0.132. The summed E-state index contributed by atoms with van der Waals surface area (Å²) in [4.78, 5) is 14.0. The number of hydrogen-bond donors (Lipinski definition) is 1. The van der Waals surface area contributed by atoms with Crippen LogP contribution in [0.2, 0.25) is 10.1 Å². The molecule has 1 saturated carbocycles. The largest absolute Gasteiger partial charge is 0.474 e. The number of hydrogen-bond acceptors (Lipinski definition) is 8. The van der Waals surface area contributed by atoms with Crippen LogP contribution in [0.25, 0.3) is 11.2 Å². The van der Waals surface area contributed by atoms with Crippen LogP contribution in [-0.4, -0.2) is 69.7 Å². The van der Waals surface area contributed by atoms with Crippen LogP contribution in [0.5, 0.6) is 5.88 Å². The fraction of sp³-hybridized carbons (Fsp3) is 0.383. The predicted molar refractivity (Wildman–Crippen MR) is 240 cm³/mol. The summed E-state index contributed by atoms with van der Waals surface area (Å²) >= 11 is 0. The van der Waals surface area contributed by atoms with Crippen LogP contribution in [0.1, 0.15) is 60.4 Å². The van der Waals surface area contributed by atoms with Gasteiger partial charge in [-0.05, 0) is 49.6 Å². The van der Waals surface area contributed by atoms with Gasteiger partial charge in [0.1, 0.15) is 6.61 Å². The summed E-state index contributed by atoms with van der Waals surface area (Å²) in [7, 11) is -4.06. The molecule has 11 heteroatoms. The van der Waals surface area contributed by atoms with Crippen LogP contribution in [0.15, 0.2) is 128 Å². The molecule has 1 aliphatic rings. The number of anilines is 1. The van der Waals surface area contributed by atoms with E-state index in [4.69, 9.17) is 34.0 Å². The lowest BCUT2D eigenvalue weighted by Crippen LogP contribution is -2.67. The Morgan fingerprint density at radius 2 is 1.10 bits per heavy atom. The van der Waals surface area contributed by atoms with Gasteiger partial charge in [0.25, 0.3) is 16.6 Å². The van der Waals surface area contributed by atoms with Crippen molar-refractivity contribution in [3.8, 4) is 5.88 Å². The van der Waals surface area contributed by atoms with E-state index in [1.165, 1.54) is 20.7 Å². The van der Waals surface area contributed by atoms with E-state index in [9.17, 15) is 0 Å². The lowest BCUT2D eigenvalue weighted by atomic mass is 9.95. The molecule has 0 bridgehead atoms. The first-order valence-corrected chi connectivity index (χ1v) is 24.3. The first-order valence-electron chi connectivity index (χ1n) is 20.5. The molecule has 3 unspecified atom stereocenters. The molecule has 1 fully saturated rings. The molecule has 3 atom stereocenters. The van der Waals surface area contributed by atoms with Gasteiger partial charge in [0.15, 0.2) is 11.2 Å². The van der Waals surface area contributed by atoms with Crippen molar-refractivity contribution in [3.63, 3.8) is 0 Å². The van der Waals surface area contributed by atoms with E-state index in [0.717, 1.165) is 12.8 Å². The van der Waals surface area contributed by atoms with Crippen LogP contribution >= 0.6 is 0 Å². The van der Waals surface area contributed by atoms with Crippen LogP contribution in [0, 0.1) is 11.8 Å². The first-order chi connectivity index (χ1) is 27.9. The normalized spacial score (nSPS) is 17.8. The van der Waals surface area contributed by atoms with Gasteiger partial charge in [-0.25, -0.2) is 4.98 Å². The summed E-state index contributed by atoms with van der Waals surface area (Å²) in [5.74, 6) is 0.750. The molecule has 6 aromatic rings. The monoisotopic (exact) mass is 813 g/mol. The number of rotatable bonds is 15. The maximum Gasteiger partial charge on any atom is 0.261 e. The molecular weight excluding hydrogens is 755 g/mol. The highest BCUT2D eigenvalue weighted by Gasteiger charge is 2.53. The second-order valence-electron chi connectivity index (χ2n) is 17.6. The number of nitrogen functional groups attached to an aromatic ring is 1. The van der Waals surface area contributed by atoms with E-state index in [0.29, 0.717) is 43.5 Å². The first kappa shape index (κ1) is 41.5. The average molecular weight is 814 g/mol. The predicted octanol–water partition coefficient (Wildman–Crippen LogP) is 7.15. The molecule has 2 heterocycles. The van der Waals surface area contributed by atoms with E-state index >= 15 is 0 Å². The Kier molecular flexibility index (Phi) is 12.4. The Morgan fingerprint density at radius 3 is 1.55 bits per heavy atom. The third-order valence-electron chi connectivity index (χ3n) is 12.1. The molecule has 0 aliphatic heterocycles. The summed E-state index contributed by atoms with van der Waals surface area (Å²) < 4.78 is 28.9. The maximum atomic E-state index is 7.77. The summed E-state index contributed by atoms with van der Waals surface area (Å²) in [6.07, 6.45) is 3.74. The van der Waals surface area contributed by atoms with Gasteiger partial charge in [-0.3, -0.25) is 0 Å². The number of benzene rings is 4. The molecule has 1 aliphatic carbocycles. The number of aromatic nitrogens is 4. The zero-order chi connectivity index (χ0) is 41.0. The van der Waals surface area contributed by atoms with Crippen molar-refractivity contribution in [2.75, 3.05) is 39.3 Å². The highest BCUT2D eigenvalue weighted by Crippen LogP contribution is 2.46. The number of ether oxygens (including phenoxy) is 2. The molecule has 304 valence electrons. The minimum atomic E-state index is -2.88.